The van der Waals surface area contributed by atoms with Crippen molar-refractivity contribution in [1.29, 1.82) is 0 Å². The molecule has 2 N–H and O–H groups in total. The monoisotopic (exact) mass is 549 g/mol. The number of carboxylic acid groups (broad SMARTS) is 1. The fraction of sp³-hybridized carbons (Fsp3) is 0.593. The van der Waals surface area contributed by atoms with Gasteiger partial charge in [-0.25, -0.2) is 9.18 Å². The number of pyridine rings is 1. The Labute approximate surface area is 225 Å². The van der Waals surface area contributed by atoms with Crippen LogP contribution in [0, 0.1) is 5.82 Å². The van der Waals surface area contributed by atoms with E-state index in [1.54, 1.807) is 15.5 Å². The zero-order valence-corrected chi connectivity index (χ0v) is 22.0. The molecule has 2 fully saturated rings. The maximum absolute atomic E-state index is 15.1. The summed E-state index contributed by atoms with van der Waals surface area (Å²) in [5.41, 5.74) is -0.177. The van der Waals surface area contributed by atoms with Crippen LogP contribution in [-0.4, -0.2) is 104 Å². The van der Waals surface area contributed by atoms with Gasteiger partial charge in [0.2, 0.25) is 11.3 Å². The molecule has 0 bridgehead atoms. The van der Waals surface area contributed by atoms with Crippen molar-refractivity contribution in [3.63, 3.8) is 0 Å². The van der Waals surface area contributed by atoms with Gasteiger partial charge < -0.3 is 38.8 Å². The third kappa shape index (κ3) is 7.53. The predicted octanol–water partition coefficient (Wildman–Crippen LogP) is 1.64. The number of rotatable bonds is 15. The first-order valence-corrected chi connectivity index (χ1v) is 13.4. The van der Waals surface area contributed by atoms with E-state index in [2.05, 4.69) is 0 Å². The van der Waals surface area contributed by atoms with Gasteiger partial charge in [0.05, 0.1) is 50.7 Å². The van der Waals surface area contributed by atoms with Gasteiger partial charge in [0.15, 0.2) is 0 Å². The van der Waals surface area contributed by atoms with Crippen LogP contribution in [-0.2, 0) is 19.0 Å². The van der Waals surface area contributed by atoms with Crippen molar-refractivity contribution in [2.24, 2.45) is 0 Å². The Morgan fingerprint density at radius 3 is 2.21 bits per heavy atom. The zero-order chi connectivity index (χ0) is 27.8. The zero-order valence-electron chi connectivity index (χ0n) is 22.0. The average Bonchev–Trinajstić information content (AvgIpc) is 3.77. The second-order valence-corrected chi connectivity index (χ2v) is 9.67. The summed E-state index contributed by atoms with van der Waals surface area (Å²) in [6.45, 7) is 4.30. The van der Waals surface area contributed by atoms with Gasteiger partial charge >= 0.3 is 5.97 Å². The molecule has 2 aliphatic rings. The highest BCUT2D eigenvalue weighted by molar-refractivity contribution is 5.93. The smallest absolute Gasteiger partial charge is 0.341 e. The summed E-state index contributed by atoms with van der Waals surface area (Å²) in [5.74, 6) is -1.94. The van der Waals surface area contributed by atoms with Gasteiger partial charge in [-0.05, 0) is 31.4 Å². The van der Waals surface area contributed by atoms with Gasteiger partial charge in [-0.3, -0.25) is 9.59 Å². The molecular formula is C27H36FN3O8. The van der Waals surface area contributed by atoms with Crippen molar-refractivity contribution in [3.8, 4) is 0 Å². The van der Waals surface area contributed by atoms with Gasteiger partial charge in [0.1, 0.15) is 11.4 Å². The maximum Gasteiger partial charge on any atom is 0.341 e. The number of aromatic carboxylic acids is 1. The molecule has 4 rings (SSSR count). The number of hydrogen-bond donors (Lipinski definition) is 2. The summed E-state index contributed by atoms with van der Waals surface area (Å²) in [7, 11) is 0. The molecule has 0 radical (unpaired) electrons. The lowest BCUT2D eigenvalue weighted by Crippen LogP contribution is -2.49. The lowest BCUT2D eigenvalue weighted by Gasteiger charge is -2.36. The lowest BCUT2D eigenvalue weighted by molar-refractivity contribution is -0.132. The van der Waals surface area contributed by atoms with E-state index in [9.17, 15) is 19.5 Å². The lowest BCUT2D eigenvalue weighted by atomic mass is 10.1. The molecule has 1 amide bonds. The van der Waals surface area contributed by atoms with E-state index in [-0.39, 0.29) is 42.5 Å². The van der Waals surface area contributed by atoms with Crippen LogP contribution in [0.25, 0.3) is 10.9 Å². The molecule has 39 heavy (non-hydrogen) atoms. The Kier molecular flexibility index (Phi) is 10.3. The van der Waals surface area contributed by atoms with Crippen molar-refractivity contribution in [3.05, 3.63) is 39.9 Å². The van der Waals surface area contributed by atoms with Crippen LogP contribution in [0.5, 0.6) is 0 Å². The van der Waals surface area contributed by atoms with Crippen LogP contribution < -0.4 is 10.3 Å². The summed E-state index contributed by atoms with van der Waals surface area (Å²) in [6, 6.07) is 2.87. The molecule has 1 saturated heterocycles. The summed E-state index contributed by atoms with van der Waals surface area (Å²) in [5, 5.41) is 18.2. The highest BCUT2D eigenvalue weighted by Crippen LogP contribution is 2.38. The molecule has 11 nitrogen and oxygen atoms in total. The van der Waals surface area contributed by atoms with Crippen LogP contribution in [0.1, 0.15) is 42.1 Å². The van der Waals surface area contributed by atoms with Gasteiger partial charge in [-0.15, -0.1) is 0 Å². The van der Waals surface area contributed by atoms with E-state index in [4.69, 9.17) is 19.3 Å². The molecule has 12 heteroatoms. The number of halogens is 1. The third-order valence-electron chi connectivity index (χ3n) is 6.90. The van der Waals surface area contributed by atoms with Crippen molar-refractivity contribution in [2.45, 2.75) is 31.7 Å². The van der Waals surface area contributed by atoms with Crippen LogP contribution in [0.3, 0.4) is 0 Å². The number of hydrogen-bond acceptors (Lipinski definition) is 8. The van der Waals surface area contributed by atoms with Gasteiger partial charge in [0.25, 0.3) is 0 Å². The van der Waals surface area contributed by atoms with Crippen LogP contribution in [0.2, 0.25) is 0 Å². The number of aliphatic hydroxyl groups is 1. The SMILES string of the molecule is O=C(O)c1cn(C2CC2)c2cc(N3CCN(C(=O)CCOCCOCCOCCCO)CC3)c(F)cc2c1=O. The molecule has 0 atom stereocenters. The Hall–Kier alpha value is -3.06. The van der Waals surface area contributed by atoms with E-state index in [1.807, 2.05) is 4.90 Å². The summed E-state index contributed by atoms with van der Waals surface area (Å²) in [6.07, 6.45) is 3.97. The maximum atomic E-state index is 15.1. The van der Waals surface area contributed by atoms with Crippen LogP contribution in [0.15, 0.2) is 23.1 Å². The fourth-order valence-electron chi connectivity index (χ4n) is 4.63. The van der Waals surface area contributed by atoms with Crippen molar-refractivity contribution in [2.75, 3.05) is 77.3 Å². The number of aliphatic hydroxyl groups excluding tert-OH is 1. The summed E-state index contributed by atoms with van der Waals surface area (Å²) >= 11 is 0. The molecule has 0 unspecified atom stereocenters. The van der Waals surface area contributed by atoms with E-state index in [1.165, 1.54) is 6.20 Å². The molecule has 1 aliphatic carbocycles. The molecule has 214 valence electrons. The number of fused-ring (bicyclic) bond motifs is 1. The standard InChI is InChI=1S/C27H36FN3O8/c28-22-16-20-23(31(19-2-3-19)18-21(26(20)34)27(35)36)17-24(22)29-5-7-30(8-6-29)25(33)4-11-38-13-15-39-14-12-37-10-1-9-32/h16-19,32H,1-15H2,(H,35,36). The van der Waals surface area contributed by atoms with Gasteiger partial charge in [-0.1, -0.05) is 0 Å². The highest BCUT2D eigenvalue weighted by atomic mass is 19.1. The second-order valence-electron chi connectivity index (χ2n) is 9.67. The van der Waals surface area contributed by atoms with Gasteiger partial charge in [-0.2, -0.15) is 0 Å². The van der Waals surface area contributed by atoms with E-state index >= 15 is 4.39 Å². The van der Waals surface area contributed by atoms with E-state index in [0.717, 1.165) is 18.9 Å². The first-order chi connectivity index (χ1) is 18.9. The van der Waals surface area contributed by atoms with E-state index < -0.39 is 17.2 Å². The topological polar surface area (TPSA) is 131 Å². The minimum absolute atomic E-state index is 0.0318. The Morgan fingerprint density at radius 1 is 0.949 bits per heavy atom. The number of amides is 1. The number of anilines is 1. The average molecular weight is 550 g/mol. The Morgan fingerprint density at radius 2 is 1.59 bits per heavy atom. The molecular weight excluding hydrogens is 513 g/mol. The number of ether oxygens (including phenoxy) is 3. The number of carbonyl (C=O) groups excluding carboxylic acids is 1. The summed E-state index contributed by atoms with van der Waals surface area (Å²) < 4.78 is 33.1. The minimum atomic E-state index is -1.32. The highest BCUT2D eigenvalue weighted by Gasteiger charge is 2.29. The number of piperazine rings is 1. The molecule has 1 saturated carbocycles. The molecule has 1 aliphatic heterocycles. The predicted molar refractivity (Wildman–Crippen MR) is 141 cm³/mol. The first kappa shape index (κ1) is 28.9. The van der Waals surface area contributed by atoms with Gasteiger partial charge in [0, 0.05) is 57.0 Å². The van der Waals surface area contributed by atoms with Crippen LogP contribution >= 0.6 is 0 Å². The third-order valence-corrected chi connectivity index (χ3v) is 6.90. The normalized spacial score (nSPS) is 15.7. The first-order valence-electron chi connectivity index (χ1n) is 13.4. The number of nitrogens with zero attached hydrogens (tertiary/aromatic N) is 3. The summed E-state index contributed by atoms with van der Waals surface area (Å²) in [4.78, 5) is 40.4. The van der Waals surface area contributed by atoms with Crippen molar-refractivity contribution >= 4 is 28.5 Å². The molecule has 1 aromatic heterocycles. The van der Waals surface area contributed by atoms with Crippen molar-refractivity contribution in [1.82, 2.24) is 9.47 Å². The minimum Gasteiger partial charge on any atom is -0.477 e. The number of carbonyl (C=O) groups is 2. The number of carboxylic acids is 1. The molecule has 2 aromatic rings. The fourth-order valence-corrected chi connectivity index (χ4v) is 4.63. The number of benzene rings is 1. The second kappa shape index (κ2) is 13.8. The number of aromatic nitrogens is 1. The molecule has 2 heterocycles. The largest absolute Gasteiger partial charge is 0.477 e. The molecule has 0 spiro atoms. The Bertz CT molecular complexity index is 1210. The van der Waals surface area contributed by atoms with Crippen molar-refractivity contribution < 1.29 is 38.4 Å². The quantitative estimate of drug-likeness (QED) is 0.319. The molecule has 1 aromatic carbocycles. The Balaban J connectivity index is 1.25. The van der Waals surface area contributed by atoms with Crippen LogP contribution in [0.4, 0.5) is 10.1 Å². The van der Waals surface area contributed by atoms with E-state index in [0.29, 0.717) is 76.8 Å².